The molecule has 3 saturated heterocycles. The molecule has 14 rings (SSSR count). The van der Waals surface area contributed by atoms with Gasteiger partial charge in [0.05, 0.1) is 113 Å². The highest BCUT2D eigenvalue weighted by molar-refractivity contribution is 7.95. The number of fused-ring (bicyclic) bond motifs is 4. The van der Waals surface area contributed by atoms with Gasteiger partial charge in [-0.2, -0.15) is 8.42 Å². The number of ether oxygens (including phenoxy) is 6. The third kappa shape index (κ3) is 29.9. The van der Waals surface area contributed by atoms with E-state index in [1.165, 1.54) is 117 Å². The van der Waals surface area contributed by atoms with E-state index in [2.05, 4.69) is 102 Å². The molecule has 9 N–H and O–H groups in total. The zero-order valence-corrected chi connectivity index (χ0v) is 73.4. The number of nitrogens with one attached hydrogen (secondary N) is 6. The lowest BCUT2D eigenvalue weighted by atomic mass is 10.1. The van der Waals surface area contributed by atoms with Crippen LogP contribution in [0.15, 0.2) is 193 Å². The largest absolute Gasteiger partial charge is 0.491 e. The number of hydrogen-bond acceptors (Lipinski definition) is 26. The van der Waals surface area contributed by atoms with Crippen molar-refractivity contribution in [3.63, 3.8) is 0 Å². The molecule has 43 heteroatoms. The zero-order valence-electron chi connectivity index (χ0n) is 69.5. The normalized spacial score (nSPS) is 13.9. The fourth-order valence-corrected chi connectivity index (χ4v) is 14.8. The molecular formula is C87H88Cl3F6N15O17S2. The van der Waals surface area contributed by atoms with E-state index in [-0.39, 0.29) is 64.9 Å². The molecule has 0 saturated carbocycles. The maximum absolute atomic E-state index is 13.5. The number of aromatic nitrogens is 6. The van der Waals surface area contributed by atoms with E-state index in [0.29, 0.717) is 104 Å². The fraction of sp³-hybridized carbons (Fsp3) is 0.264. The highest BCUT2D eigenvalue weighted by Gasteiger charge is 2.24. The Hall–Kier alpha value is -12.3. The number of ketones is 1. The SMILES string of the molecule is C=C(F)C(=O)Nc1cc2c(Nc3ccc(F)c(Cl)c3)ncnc2cc1OCCCN1CCOCC1.C=C(F)C(=O)Nc1cc2c(Nc3ccc(F)c(Cl)c3)ncnc2cc1OCCCN1CCOCC1.C=C(F)C(=O)Nc1cc2c(Nc3ccc(F)c(Cl)c3)ncnc2cc1OCCCN1CCOCC1.C=S(=O)(O)c1cccc2c(S(=O)(=O)O)cccc12.CC(=O)CC(=O)O. The van der Waals surface area contributed by atoms with Crippen LogP contribution in [0.1, 0.15) is 32.6 Å². The summed E-state index contributed by atoms with van der Waals surface area (Å²) in [5, 5.41) is 26.4. The Morgan fingerprint density at radius 1 is 0.446 bits per heavy atom. The van der Waals surface area contributed by atoms with Crippen molar-refractivity contribution in [2.45, 2.75) is 42.4 Å². The number of morpholine rings is 3. The van der Waals surface area contributed by atoms with Crippen molar-refractivity contribution in [1.82, 2.24) is 44.6 Å². The van der Waals surface area contributed by atoms with Crippen molar-refractivity contribution < 1.29 is 106 Å². The minimum Gasteiger partial charge on any atom is -0.491 e. The summed E-state index contributed by atoms with van der Waals surface area (Å²) in [6, 6.07) is 30.6. The summed E-state index contributed by atoms with van der Waals surface area (Å²) < 4.78 is 167. The number of hydrogen-bond donors (Lipinski definition) is 9. The maximum atomic E-state index is 13.5. The van der Waals surface area contributed by atoms with Gasteiger partial charge >= 0.3 is 5.97 Å². The first kappa shape index (κ1) is 99.9. The average molecular weight is 1900 g/mol. The summed E-state index contributed by atoms with van der Waals surface area (Å²) in [5.74, 6) is -4.06. The smallest absolute Gasteiger partial charge is 0.310 e. The van der Waals surface area contributed by atoms with Crippen LogP contribution >= 0.6 is 34.8 Å². The van der Waals surface area contributed by atoms with Gasteiger partial charge in [0.1, 0.15) is 98.0 Å². The number of nitrogens with zero attached hydrogens (tertiary/aromatic N) is 9. The van der Waals surface area contributed by atoms with Gasteiger partial charge in [-0.25, -0.2) is 60.5 Å². The number of aliphatic carboxylic acids is 1. The number of anilines is 9. The fourth-order valence-electron chi connectivity index (χ4n) is 12.8. The minimum atomic E-state index is -4.39. The van der Waals surface area contributed by atoms with Gasteiger partial charge in [0.15, 0.2) is 17.5 Å². The van der Waals surface area contributed by atoms with Gasteiger partial charge in [-0.3, -0.25) is 43.2 Å². The Balaban J connectivity index is 0.000000179. The third-order valence-electron chi connectivity index (χ3n) is 19.0. The summed E-state index contributed by atoms with van der Waals surface area (Å²) in [5.41, 5.74) is 3.79. The molecule has 0 radical (unpaired) electrons. The molecule has 3 aliphatic heterocycles. The second-order valence-electron chi connectivity index (χ2n) is 28.6. The van der Waals surface area contributed by atoms with Gasteiger partial charge in [-0.05, 0) is 117 Å². The van der Waals surface area contributed by atoms with Crippen LogP contribution in [0.25, 0.3) is 43.5 Å². The number of Topliss-reactive ketones (excluding diaryl/α,β-unsaturated/α-hetero) is 1. The minimum absolute atomic E-state index is 0.0329. The Labute approximate surface area is 756 Å². The first-order valence-corrected chi connectivity index (χ1v) is 43.9. The lowest BCUT2D eigenvalue weighted by molar-refractivity contribution is -0.139. The standard InChI is InChI=1S/3C24H24ClF2N5O3.C11H10O5S2.C4H6O3/c3*1-15(26)24(33)31-21-12-17-20(13-22(21)35-8-2-5-32-6-9-34-10-7-32)28-14-29-23(17)30-16-3-4-19(27)18(25)11-16;1-17(12,13)10-6-2-5-9-8(10)4-3-7-11(9)18(14,15)16;1-3(5)2-4(6)7/h3*3-4,11-14H,1-2,5-10H2,(H,31,33)(H,28,29,30);2-7H,1H2,(H,12,13)(H,14,15,16);2H2,1H3,(H,6,7). The van der Waals surface area contributed by atoms with Crippen LogP contribution in [-0.4, -0.2) is 225 Å². The van der Waals surface area contributed by atoms with E-state index < -0.39 is 78.5 Å². The average Bonchev–Trinajstić information content (AvgIpc) is 0.761. The molecule has 8 aromatic carbocycles. The number of amides is 3. The van der Waals surface area contributed by atoms with Gasteiger partial charge in [-0.1, -0.05) is 78.8 Å². The number of benzene rings is 8. The number of carbonyl (C=O) groups excluding carboxylic acids is 4. The molecule has 3 aromatic heterocycles. The van der Waals surface area contributed by atoms with E-state index >= 15 is 0 Å². The van der Waals surface area contributed by atoms with Gasteiger partial charge in [0.25, 0.3) is 27.8 Å². The van der Waals surface area contributed by atoms with Crippen LogP contribution in [0.3, 0.4) is 0 Å². The highest BCUT2D eigenvalue weighted by Crippen LogP contribution is 2.39. The Bertz CT molecular complexity index is 5690. The van der Waals surface area contributed by atoms with Crippen molar-refractivity contribution in [2.24, 2.45) is 0 Å². The molecule has 0 spiro atoms. The lowest BCUT2D eigenvalue weighted by Crippen LogP contribution is -2.37. The van der Waals surface area contributed by atoms with Crippen LogP contribution in [0.5, 0.6) is 17.2 Å². The van der Waals surface area contributed by atoms with Crippen molar-refractivity contribution in [2.75, 3.05) is 150 Å². The van der Waals surface area contributed by atoms with Gasteiger partial charge in [-0.15, -0.1) is 0 Å². The molecule has 130 heavy (non-hydrogen) atoms. The molecule has 0 aliphatic carbocycles. The number of halogens is 9. The number of carbonyl (C=O) groups is 5. The highest BCUT2D eigenvalue weighted by atomic mass is 35.5. The summed E-state index contributed by atoms with van der Waals surface area (Å²) in [6.07, 6.45) is 5.98. The van der Waals surface area contributed by atoms with Crippen molar-refractivity contribution in [1.29, 1.82) is 0 Å². The molecule has 3 aliphatic rings. The predicted molar refractivity (Wildman–Crippen MR) is 484 cm³/mol. The molecule has 3 amide bonds. The summed E-state index contributed by atoms with van der Waals surface area (Å²) in [7, 11) is -7.85. The molecule has 1 unspecified atom stereocenters. The van der Waals surface area contributed by atoms with Crippen LogP contribution in [0.2, 0.25) is 15.1 Å². The van der Waals surface area contributed by atoms with Crippen LogP contribution in [-0.2, 0) is 58.1 Å². The summed E-state index contributed by atoms with van der Waals surface area (Å²) in [6.45, 7) is 23.6. The van der Waals surface area contributed by atoms with Gasteiger partial charge in [0, 0.05) is 121 Å². The molecule has 688 valence electrons. The number of carboxylic acid groups (broad SMARTS) is 1. The van der Waals surface area contributed by atoms with Gasteiger partial charge < -0.3 is 70.0 Å². The second-order valence-corrected chi connectivity index (χ2v) is 32.9. The predicted octanol–water partition coefficient (Wildman–Crippen LogP) is 15.8. The molecule has 32 nitrogen and oxygen atoms in total. The van der Waals surface area contributed by atoms with E-state index in [4.69, 9.17) is 72.9 Å². The van der Waals surface area contributed by atoms with E-state index in [9.17, 15) is 67.5 Å². The van der Waals surface area contributed by atoms with E-state index in [1.54, 1.807) is 36.4 Å². The molecule has 6 heterocycles. The van der Waals surface area contributed by atoms with E-state index in [1.807, 2.05) is 0 Å². The first-order chi connectivity index (χ1) is 62.0. The Morgan fingerprint density at radius 3 is 1.01 bits per heavy atom. The van der Waals surface area contributed by atoms with Gasteiger partial charge in [0.2, 0.25) is 0 Å². The van der Waals surface area contributed by atoms with Crippen LogP contribution in [0, 0.1) is 17.5 Å². The molecule has 1 atom stereocenters. The molecule has 3 fully saturated rings. The topological polar surface area (TPSA) is 412 Å². The van der Waals surface area contributed by atoms with Crippen molar-refractivity contribution in [3.05, 3.63) is 216 Å². The van der Waals surface area contributed by atoms with Crippen molar-refractivity contribution in [3.8, 4) is 17.2 Å². The Morgan fingerprint density at radius 2 is 0.746 bits per heavy atom. The second kappa shape index (κ2) is 47.9. The molecule has 0 bridgehead atoms. The van der Waals surface area contributed by atoms with Crippen LogP contribution in [0.4, 0.5) is 77.9 Å². The van der Waals surface area contributed by atoms with Crippen molar-refractivity contribution >= 4 is 185 Å². The van der Waals surface area contributed by atoms with Crippen LogP contribution < -0.4 is 46.1 Å². The third-order valence-corrected chi connectivity index (χ3v) is 21.9. The monoisotopic (exact) mass is 1900 g/mol. The first-order valence-electron chi connectivity index (χ1n) is 39.6. The Kier molecular flexibility index (Phi) is 36.8. The number of carboxylic acids is 1. The zero-order chi connectivity index (χ0) is 93.8. The maximum Gasteiger partial charge on any atom is 0.310 e. The quantitative estimate of drug-likeness (QED) is 0.00486. The summed E-state index contributed by atoms with van der Waals surface area (Å²) >= 11 is 17.6. The lowest BCUT2D eigenvalue weighted by Gasteiger charge is -2.26. The number of rotatable bonds is 31. The van der Waals surface area contributed by atoms with E-state index in [0.717, 1.165) is 118 Å². The molecule has 11 aromatic rings. The molecular weight excluding hydrogens is 1810 g/mol. The summed E-state index contributed by atoms with van der Waals surface area (Å²) in [4.78, 5) is 87.7.